The molecule has 2 amide bonds. The van der Waals surface area contributed by atoms with Crippen molar-refractivity contribution in [3.63, 3.8) is 0 Å². The molecule has 202 valence electrons. The fourth-order valence-corrected chi connectivity index (χ4v) is 6.49. The summed E-state index contributed by atoms with van der Waals surface area (Å²) in [5.74, 6) is 0.732. The van der Waals surface area contributed by atoms with Crippen LogP contribution in [-0.2, 0) is 6.42 Å². The van der Waals surface area contributed by atoms with Crippen LogP contribution in [0, 0.1) is 0 Å². The molecule has 0 saturated heterocycles. The Balaban J connectivity index is 1.31. The number of aryl methyl sites for hydroxylation is 1. The molecule has 0 radical (unpaired) electrons. The number of nitrogens with zero attached hydrogens (tertiary/aromatic N) is 3. The minimum Gasteiger partial charge on any atom is -0.494 e. The molecule has 3 heterocycles. The standard InChI is InChI=1S/C29H24N4O5S2/c1-2-37-20-13-11-18(12-14-20)24-25(38-29(35)36)31-26(40-24)19-10-9-17-6-5-15-33(22(17)16-19)28(34)32-27-30-21-7-3-4-8-23(21)39-27/h3-4,7-14,16H,2,5-6,15H2,1H3,(H,35,36)(H,30,32,34). The van der Waals surface area contributed by atoms with Gasteiger partial charge in [0.15, 0.2) is 5.13 Å². The second kappa shape index (κ2) is 10.9. The number of hydrogen-bond donors (Lipinski definition) is 2. The minimum absolute atomic E-state index is 0.0137. The summed E-state index contributed by atoms with van der Waals surface area (Å²) in [6, 6.07) is 20.7. The van der Waals surface area contributed by atoms with Gasteiger partial charge in [-0.1, -0.05) is 35.6 Å². The second-order valence-corrected chi connectivity index (χ2v) is 11.0. The van der Waals surface area contributed by atoms with E-state index in [4.69, 9.17) is 9.47 Å². The summed E-state index contributed by atoms with van der Waals surface area (Å²) in [4.78, 5) is 36.2. The highest BCUT2D eigenvalue weighted by Crippen LogP contribution is 2.42. The number of aromatic nitrogens is 2. The topological polar surface area (TPSA) is 114 Å². The molecule has 0 spiro atoms. The lowest BCUT2D eigenvalue weighted by molar-refractivity contribution is 0.143. The molecular weight excluding hydrogens is 548 g/mol. The highest BCUT2D eigenvalue weighted by Gasteiger charge is 2.25. The number of carbonyl (C=O) groups excluding carboxylic acids is 1. The first kappa shape index (κ1) is 25.8. The van der Waals surface area contributed by atoms with Gasteiger partial charge >= 0.3 is 12.2 Å². The number of carboxylic acid groups (broad SMARTS) is 1. The molecule has 5 aromatic rings. The SMILES string of the molecule is CCOc1ccc(-c2sc(-c3ccc4c(c3)N(C(=O)Nc3nc5ccccc5s3)CCC4)nc2OC(=O)O)cc1. The van der Waals surface area contributed by atoms with Gasteiger partial charge in [-0.15, -0.1) is 11.3 Å². The lowest BCUT2D eigenvalue weighted by Crippen LogP contribution is -2.38. The highest BCUT2D eigenvalue weighted by atomic mass is 32.1. The number of amides is 2. The minimum atomic E-state index is -1.44. The number of thiazole rings is 2. The monoisotopic (exact) mass is 572 g/mol. The number of ether oxygens (including phenoxy) is 2. The lowest BCUT2D eigenvalue weighted by atomic mass is 10.00. The van der Waals surface area contributed by atoms with Gasteiger partial charge in [-0.3, -0.25) is 10.2 Å². The molecule has 0 fully saturated rings. The Bertz CT molecular complexity index is 1680. The Kier molecular flexibility index (Phi) is 7.06. The smallest absolute Gasteiger partial charge is 0.494 e. The van der Waals surface area contributed by atoms with E-state index in [0.29, 0.717) is 28.2 Å². The van der Waals surface area contributed by atoms with E-state index in [1.807, 2.05) is 73.7 Å². The first-order valence-corrected chi connectivity index (χ1v) is 14.3. The van der Waals surface area contributed by atoms with Crippen molar-refractivity contribution >= 4 is 55.9 Å². The van der Waals surface area contributed by atoms with Crippen molar-refractivity contribution in [1.29, 1.82) is 0 Å². The molecule has 2 N–H and O–H groups in total. The molecule has 0 aliphatic carbocycles. The van der Waals surface area contributed by atoms with Crippen LogP contribution < -0.4 is 19.7 Å². The van der Waals surface area contributed by atoms with Crippen LogP contribution in [0.3, 0.4) is 0 Å². The van der Waals surface area contributed by atoms with Crippen LogP contribution in [0.2, 0.25) is 0 Å². The van der Waals surface area contributed by atoms with Crippen molar-refractivity contribution in [2.75, 3.05) is 23.4 Å². The van der Waals surface area contributed by atoms with E-state index >= 15 is 0 Å². The molecule has 0 saturated carbocycles. The zero-order valence-corrected chi connectivity index (χ0v) is 23.1. The van der Waals surface area contributed by atoms with Gasteiger partial charge in [0.25, 0.3) is 0 Å². The van der Waals surface area contributed by atoms with Crippen LogP contribution in [0.25, 0.3) is 31.2 Å². The normalized spacial score (nSPS) is 12.7. The quantitative estimate of drug-likeness (QED) is 0.202. The van der Waals surface area contributed by atoms with Gasteiger partial charge in [0.1, 0.15) is 10.8 Å². The summed E-state index contributed by atoms with van der Waals surface area (Å²) in [5, 5.41) is 13.4. The lowest BCUT2D eigenvalue weighted by Gasteiger charge is -2.29. The van der Waals surface area contributed by atoms with Crippen LogP contribution in [-0.4, -0.2) is 40.4 Å². The van der Waals surface area contributed by atoms with Crippen molar-refractivity contribution in [1.82, 2.24) is 9.97 Å². The fourth-order valence-electron chi connectivity index (χ4n) is 4.64. The number of hydrogen-bond acceptors (Lipinski definition) is 8. The van der Waals surface area contributed by atoms with Gasteiger partial charge in [-0.25, -0.2) is 19.6 Å². The Labute approximate surface area is 237 Å². The molecule has 0 bridgehead atoms. The van der Waals surface area contributed by atoms with E-state index in [2.05, 4.69) is 15.3 Å². The van der Waals surface area contributed by atoms with Crippen molar-refractivity contribution in [3.05, 3.63) is 72.3 Å². The van der Waals surface area contributed by atoms with Crippen LogP contribution in [0.4, 0.5) is 20.4 Å². The summed E-state index contributed by atoms with van der Waals surface area (Å²) in [7, 11) is 0. The number of nitrogens with one attached hydrogen (secondary N) is 1. The molecular formula is C29H24N4O5S2. The molecule has 11 heteroatoms. The zero-order chi connectivity index (χ0) is 27.6. The van der Waals surface area contributed by atoms with Crippen molar-refractivity contribution in [2.45, 2.75) is 19.8 Å². The first-order chi connectivity index (χ1) is 19.5. The molecule has 1 aliphatic rings. The number of para-hydroxylation sites is 1. The van der Waals surface area contributed by atoms with Gasteiger partial charge in [0.05, 0.1) is 21.7 Å². The Morgan fingerprint density at radius 1 is 1.02 bits per heavy atom. The van der Waals surface area contributed by atoms with Gasteiger partial charge in [-0.2, -0.15) is 0 Å². The number of carbonyl (C=O) groups is 2. The van der Waals surface area contributed by atoms with Crippen molar-refractivity contribution in [3.8, 4) is 32.6 Å². The molecule has 0 atom stereocenters. The third kappa shape index (κ3) is 5.21. The van der Waals surface area contributed by atoms with Gasteiger partial charge < -0.3 is 14.6 Å². The Morgan fingerprint density at radius 2 is 1.82 bits per heavy atom. The van der Waals surface area contributed by atoms with Crippen LogP contribution in [0.1, 0.15) is 18.9 Å². The van der Waals surface area contributed by atoms with Crippen molar-refractivity contribution in [2.24, 2.45) is 0 Å². The van der Waals surface area contributed by atoms with E-state index in [0.717, 1.165) is 51.2 Å². The zero-order valence-electron chi connectivity index (χ0n) is 21.4. The van der Waals surface area contributed by atoms with Gasteiger partial charge in [-0.05, 0) is 73.4 Å². The number of benzene rings is 3. The predicted molar refractivity (Wildman–Crippen MR) is 157 cm³/mol. The van der Waals surface area contributed by atoms with E-state index in [1.165, 1.54) is 22.7 Å². The summed E-state index contributed by atoms with van der Waals surface area (Å²) in [6.45, 7) is 3.02. The average Bonchev–Trinajstić information content (AvgIpc) is 3.56. The van der Waals surface area contributed by atoms with E-state index < -0.39 is 6.16 Å². The Hall–Kier alpha value is -4.48. The molecule has 40 heavy (non-hydrogen) atoms. The number of fused-ring (bicyclic) bond motifs is 2. The van der Waals surface area contributed by atoms with Crippen LogP contribution in [0.5, 0.6) is 11.6 Å². The maximum absolute atomic E-state index is 13.4. The van der Waals surface area contributed by atoms with Gasteiger partial charge in [0.2, 0.25) is 5.88 Å². The predicted octanol–water partition coefficient (Wildman–Crippen LogP) is 7.53. The molecule has 1 aliphatic heterocycles. The number of anilines is 2. The summed E-state index contributed by atoms with van der Waals surface area (Å²) in [5.41, 5.74) is 4.21. The average molecular weight is 573 g/mol. The number of urea groups is 1. The van der Waals surface area contributed by atoms with Crippen LogP contribution in [0.15, 0.2) is 66.7 Å². The molecule has 2 aromatic heterocycles. The van der Waals surface area contributed by atoms with E-state index in [1.54, 1.807) is 4.90 Å². The highest BCUT2D eigenvalue weighted by molar-refractivity contribution is 7.22. The molecule has 6 rings (SSSR count). The van der Waals surface area contributed by atoms with Gasteiger partial charge in [0, 0.05) is 17.8 Å². The second-order valence-electron chi connectivity index (χ2n) is 8.99. The Morgan fingerprint density at radius 3 is 2.60 bits per heavy atom. The van der Waals surface area contributed by atoms with Crippen molar-refractivity contribution < 1.29 is 24.2 Å². The molecule has 9 nitrogen and oxygen atoms in total. The summed E-state index contributed by atoms with van der Waals surface area (Å²) >= 11 is 2.76. The third-order valence-corrected chi connectivity index (χ3v) is 8.50. The maximum atomic E-state index is 13.4. The van der Waals surface area contributed by atoms with E-state index in [-0.39, 0.29) is 11.9 Å². The van der Waals surface area contributed by atoms with E-state index in [9.17, 15) is 14.7 Å². The maximum Gasteiger partial charge on any atom is 0.512 e. The largest absolute Gasteiger partial charge is 0.512 e. The molecule has 0 unspecified atom stereocenters. The number of rotatable bonds is 6. The first-order valence-electron chi connectivity index (χ1n) is 12.7. The summed E-state index contributed by atoms with van der Waals surface area (Å²) in [6.07, 6.45) is 0.255. The summed E-state index contributed by atoms with van der Waals surface area (Å²) < 4.78 is 11.6. The third-order valence-electron chi connectivity index (χ3n) is 6.41. The van der Waals surface area contributed by atoms with Crippen LogP contribution >= 0.6 is 22.7 Å². The molecule has 3 aromatic carbocycles. The fraction of sp³-hybridized carbons (Fsp3) is 0.172.